The molecule has 0 spiro atoms. The Labute approximate surface area is 265 Å². The highest BCUT2D eigenvalue weighted by Crippen LogP contribution is 2.43. The van der Waals surface area contributed by atoms with Crippen molar-refractivity contribution in [2.45, 2.75) is 33.1 Å². The number of aliphatic hydroxyl groups is 2. The van der Waals surface area contributed by atoms with Gasteiger partial charge in [-0.2, -0.15) is 0 Å². The first-order chi connectivity index (χ1) is 21.8. The van der Waals surface area contributed by atoms with Gasteiger partial charge in [0.05, 0.1) is 13.2 Å². The topological polar surface area (TPSA) is 58.9 Å². The minimum absolute atomic E-state index is 0.0505. The lowest BCUT2D eigenvalue weighted by Gasteiger charge is -2.29. The van der Waals surface area contributed by atoms with Crippen LogP contribution in [0.3, 0.4) is 0 Å². The monoisotopic (exact) mass is 596 g/mol. The first-order valence-corrected chi connectivity index (χ1v) is 15.6. The van der Waals surface area contributed by atoms with Gasteiger partial charge in [0.15, 0.2) is 0 Å². The van der Waals surface area contributed by atoms with Crippen molar-refractivity contribution in [1.82, 2.24) is 0 Å². The molecule has 4 heteroatoms. The van der Waals surface area contributed by atoms with Crippen molar-refractivity contribution in [3.8, 4) is 33.8 Å². The van der Waals surface area contributed by atoms with E-state index in [1.807, 2.05) is 12.1 Å². The van der Waals surface area contributed by atoms with Crippen LogP contribution in [-0.2, 0) is 5.41 Å². The molecule has 0 aromatic heterocycles. The highest BCUT2D eigenvalue weighted by molar-refractivity contribution is 5.94. The average molecular weight is 597 g/mol. The number of hydrogen-bond acceptors (Lipinski definition) is 4. The molecule has 6 aromatic rings. The van der Waals surface area contributed by atoms with Gasteiger partial charge in [0.2, 0.25) is 0 Å². The lowest BCUT2D eigenvalue weighted by molar-refractivity contribution is 0.202. The highest BCUT2D eigenvalue weighted by Gasteiger charge is 2.27. The molecular weight excluding hydrogens is 556 g/mol. The van der Waals surface area contributed by atoms with Gasteiger partial charge in [0, 0.05) is 16.5 Å². The number of aliphatic hydroxyl groups excluding tert-OH is 2. The van der Waals surface area contributed by atoms with Crippen LogP contribution in [0.2, 0.25) is 0 Å². The maximum atomic E-state index is 9.54. The molecule has 6 rings (SSSR count). The van der Waals surface area contributed by atoms with E-state index in [1.165, 1.54) is 32.7 Å². The molecule has 0 saturated heterocycles. The fourth-order valence-electron chi connectivity index (χ4n) is 6.43. The lowest BCUT2D eigenvalue weighted by atomic mass is 9.76. The summed E-state index contributed by atoms with van der Waals surface area (Å²) in [5, 5.41) is 23.9. The largest absolute Gasteiger partial charge is 0.491 e. The second kappa shape index (κ2) is 12.8. The van der Waals surface area contributed by atoms with Crippen LogP contribution in [0.25, 0.3) is 43.8 Å². The molecule has 0 fully saturated rings. The molecule has 228 valence electrons. The average Bonchev–Trinajstić information content (AvgIpc) is 3.07. The van der Waals surface area contributed by atoms with Crippen LogP contribution in [0.5, 0.6) is 11.5 Å². The van der Waals surface area contributed by atoms with Crippen LogP contribution in [0.15, 0.2) is 109 Å². The molecule has 0 aliphatic rings. The number of benzene rings is 6. The maximum absolute atomic E-state index is 9.54. The van der Waals surface area contributed by atoms with Crippen molar-refractivity contribution in [1.29, 1.82) is 0 Å². The quantitative estimate of drug-likeness (QED) is 0.166. The third-order valence-corrected chi connectivity index (χ3v) is 9.08. The van der Waals surface area contributed by atoms with Crippen molar-refractivity contribution in [2.24, 2.45) is 0 Å². The number of hydrogen-bond donors (Lipinski definition) is 2. The van der Waals surface area contributed by atoms with Gasteiger partial charge in [0.25, 0.3) is 0 Å². The number of ether oxygens (including phenoxy) is 2. The van der Waals surface area contributed by atoms with E-state index in [4.69, 9.17) is 9.47 Å². The Kier molecular flexibility index (Phi) is 8.62. The molecule has 0 aliphatic heterocycles. The Hall–Kier alpha value is -4.64. The molecule has 0 radical (unpaired) electrons. The smallest absolute Gasteiger partial charge is 0.127 e. The molecule has 0 amide bonds. The van der Waals surface area contributed by atoms with E-state index >= 15 is 0 Å². The summed E-state index contributed by atoms with van der Waals surface area (Å²) < 4.78 is 12.1. The van der Waals surface area contributed by atoms with E-state index in [2.05, 4.69) is 125 Å². The standard InChI is InChI=1S/C41H40O4/c1-27-33-11-7-5-9-29(33)13-17-35(27)37-25-31(15-19-39(37)44-23-21-42)41(3,4)32-16-20-40(45-24-22-43)38(26-32)36-18-14-30-10-6-8-12-34(30)28(36)2/h5-20,25-26,42-43H,21-24H2,1-4H3. The van der Waals surface area contributed by atoms with Crippen LogP contribution in [0.1, 0.15) is 36.1 Å². The highest BCUT2D eigenvalue weighted by atomic mass is 16.5. The predicted molar refractivity (Wildman–Crippen MR) is 186 cm³/mol. The summed E-state index contributed by atoms with van der Waals surface area (Å²) >= 11 is 0. The fourth-order valence-corrected chi connectivity index (χ4v) is 6.43. The van der Waals surface area contributed by atoms with Gasteiger partial charge in [-0.1, -0.05) is 98.8 Å². The van der Waals surface area contributed by atoms with Crippen molar-refractivity contribution in [3.05, 3.63) is 131 Å². The summed E-state index contributed by atoms with van der Waals surface area (Å²) in [7, 11) is 0. The van der Waals surface area contributed by atoms with E-state index in [9.17, 15) is 10.2 Å². The zero-order chi connectivity index (χ0) is 31.6. The van der Waals surface area contributed by atoms with E-state index in [0.717, 1.165) is 44.9 Å². The van der Waals surface area contributed by atoms with Crippen molar-refractivity contribution in [2.75, 3.05) is 26.4 Å². The number of fused-ring (bicyclic) bond motifs is 2. The summed E-state index contributed by atoms with van der Waals surface area (Å²) in [6.45, 7) is 9.17. The summed E-state index contributed by atoms with van der Waals surface area (Å²) in [5.41, 5.74) is 8.53. The van der Waals surface area contributed by atoms with E-state index < -0.39 is 0 Å². The Morgan fingerprint density at radius 1 is 0.511 bits per heavy atom. The van der Waals surface area contributed by atoms with Crippen molar-refractivity contribution >= 4 is 21.5 Å². The molecule has 0 bridgehead atoms. The normalized spacial score (nSPS) is 11.7. The summed E-state index contributed by atoms with van der Waals surface area (Å²) in [6.07, 6.45) is 0. The maximum Gasteiger partial charge on any atom is 0.127 e. The van der Waals surface area contributed by atoms with Gasteiger partial charge in [-0.15, -0.1) is 0 Å². The molecule has 45 heavy (non-hydrogen) atoms. The van der Waals surface area contributed by atoms with Gasteiger partial charge in [-0.3, -0.25) is 0 Å². The van der Waals surface area contributed by atoms with Gasteiger partial charge >= 0.3 is 0 Å². The number of rotatable bonds is 10. The van der Waals surface area contributed by atoms with E-state index in [1.54, 1.807) is 0 Å². The summed E-state index contributed by atoms with van der Waals surface area (Å²) in [6, 6.07) is 38.3. The van der Waals surface area contributed by atoms with E-state index in [0.29, 0.717) is 0 Å². The van der Waals surface area contributed by atoms with Gasteiger partial charge in [-0.05, 0) is 93.0 Å². The molecule has 0 unspecified atom stereocenters. The van der Waals surface area contributed by atoms with Gasteiger partial charge in [-0.25, -0.2) is 0 Å². The molecular formula is C41H40O4. The van der Waals surface area contributed by atoms with Gasteiger partial charge in [0.1, 0.15) is 24.7 Å². The zero-order valence-corrected chi connectivity index (χ0v) is 26.4. The summed E-state index contributed by atoms with van der Waals surface area (Å²) in [5.74, 6) is 1.50. The second-order valence-corrected chi connectivity index (χ2v) is 12.1. The fraction of sp³-hybridized carbons (Fsp3) is 0.220. The SMILES string of the molecule is Cc1c(-c2cc(C(C)(C)c3ccc(OCCO)c(-c4ccc5ccccc5c4C)c3)ccc2OCCO)ccc2ccccc12. The molecule has 4 nitrogen and oxygen atoms in total. The van der Waals surface area contributed by atoms with Crippen LogP contribution in [-0.4, -0.2) is 36.6 Å². The van der Waals surface area contributed by atoms with Crippen molar-refractivity contribution < 1.29 is 19.7 Å². The Balaban J connectivity index is 1.49. The minimum Gasteiger partial charge on any atom is -0.491 e. The zero-order valence-electron chi connectivity index (χ0n) is 26.4. The van der Waals surface area contributed by atoms with Crippen LogP contribution >= 0.6 is 0 Å². The third kappa shape index (κ3) is 5.80. The van der Waals surface area contributed by atoms with Crippen LogP contribution in [0.4, 0.5) is 0 Å². The first kappa shape index (κ1) is 30.4. The first-order valence-electron chi connectivity index (χ1n) is 15.6. The number of aryl methyl sites for hydroxylation is 2. The predicted octanol–water partition coefficient (Wildman–Crippen LogP) is 9.01. The Morgan fingerprint density at radius 3 is 1.36 bits per heavy atom. The molecule has 0 aliphatic carbocycles. The van der Waals surface area contributed by atoms with Gasteiger partial charge < -0.3 is 19.7 Å². The third-order valence-electron chi connectivity index (χ3n) is 9.08. The molecule has 0 heterocycles. The Bertz CT molecular complexity index is 1850. The van der Waals surface area contributed by atoms with Crippen LogP contribution in [0, 0.1) is 13.8 Å². The molecule has 2 N–H and O–H groups in total. The van der Waals surface area contributed by atoms with E-state index in [-0.39, 0.29) is 31.8 Å². The van der Waals surface area contributed by atoms with Crippen LogP contribution < -0.4 is 9.47 Å². The molecule has 0 saturated carbocycles. The molecule has 0 atom stereocenters. The Morgan fingerprint density at radius 2 is 0.933 bits per heavy atom. The second-order valence-electron chi connectivity index (χ2n) is 12.1. The summed E-state index contributed by atoms with van der Waals surface area (Å²) in [4.78, 5) is 0. The minimum atomic E-state index is -0.371. The van der Waals surface area contributed by atoms with Crippen molar-refractivity contribution in [3.63, 3.8) is 0 Å². The molecule has 6 aromatic carbocycles. The lowest BCUT2D eigenvalue weighted by Crippen LogP contribution is -2.19.